The fourth-order valence-corrected chi connectivity index (χ4v) is 2.71. The molecule has 0 fully saturated rings. The summed E-state index contributed by atoms with van der Waals surface area (Å²) in [6, 6.07) is 0. The van der Waals surface area contributed by atoms with Gasteiger partial charge < -0.3 is 10.4 Å². The van der Waals surface area contributed by atoms with E-state index in [0.717, 1.165) is 23.6 Å². The van der Waals surface area contributed by atoms with E-state index in [9.17, 15) is 5.11 Å². The van der Waals surface area contributed by atoms with Crippen LogP contribution < -0.4 is 5.32 Å². The van der Waals surface area contributed by atoms with Gasteiger partial charge in [0.15, 0.2) is 4.96 Å². The van der Waals surface area contributed by atoms with Gasteiger partial charge in [-0.2, -0.15) is 0 Å². The van der Waals surface area contributed by atoms with Gasteiger partial charge in [-0.25, -0.2) is 4.98 Å². The highest BCUT2D eigenvalue weighted by Crippen LogP contribution is 2.20. The number of nitrogens with one attached hydrogen (secondary N) is 1. The smallest absolute Gasteiger partial charge is 0.194 e. The monoisotopic (exact) mass is 253 g/mol. The Kier molecular flexibility index (Phi) is 3.81. The highest BCUT2D eigenvalue weighted by molar-refractivity contribution is 7.17. The van der Waals surface area contributed by atoms with Crippen LogP contribution in [0.25, 0.3) is 4.96 Å². The van der Waals surface area contributed by atoms with Crippen LogP contribution in [0.3, 0.4) is 0 Å². The molecular weight excluding hydrogens is 234 g/mol. The number of imidazole rings is 1. The van der Waals surface area contributed by atoms with Crippen molar-refractivity contribution in [3.05, 3.63) is 22.5 Å². The number of thiazole rings is 1. The zero-order valence-corrected chi connectivity index (χ0v) is 11.3. The average molecular weight is 253 g/mol. The maximum atomic E-state index is 9.49. The third kappa shape index (κ3) is 2.68. The molecule has 0 amide bonds. The topological polar surface area (TPSA) is 49.6 Å². The highest BCUT2D eigenvalue weighted by atomic mass is 32.1. The molecular formula is C12H19N3OS. The van der Waals surface area contributed by atoms with Crippen molar-refractivity contribution in [2.75, 3.05) is 6.54 Å². The molecule has 2 N–H and O–H groups in total. The van der Waals surface area contributed by atoms with Gasteiger partial charge in [0, 0.05) is 24.2 Å². The van der Waals surface area contributed by atoms with Gasteiger partial charge in [0.1, 0.15) is 0 Å². The Morgan fingerprint density at radius 3 is 3.00 bits per heavy atom. The SMILES string of the molecule is CCC(O)CNCc1c(C)nc2sc(C)cn12. The standard InChI is InChI=1S/C12H19N3OS/c1-4-10(16)5-13-6-11-9(3)14-12-15(11)7-8(2)17-12/h7,10,13,16H,4-6H2,1-3H3. The van der Waals surface area contributed by atoms with Crippen LogP contribution in [-0.4, -0.2) is 27.1 Å². The third-order valence-corrected chi connectivity index (χ3v) is 3.78. The summed E-state index contributed by atoms with van der Waals surface area (Å²) in [5.74, 6) is 0. The minimum absolute atomic E-state index is 0.261. The summed E-state index contributed by atoms with van der Waals surface area (Å²) in [5, 5.41) is 12.8. The molecule has 0 aliphatic carbocycles. The van der Waals surface area contributed by atoms with Gasteiger partial charge in [-0.1, -0.05) is 6.92 Å². The number of nitrogens with zero attached hydrogens (tertiary/aromatic N) is 2. The molecule has 94 valence electrons. The first-order valence-electron chi connectivity index (χ1n) is 5.94. The van der Waals surface area contributed by atoms with E-state index < -0.39 is 0 Å². The summed E-state index contributed by atoms with van der Waals surface area (Å²) in [7, 11) is 0. The van der Waals surface area contributed by atoms with Crippen molar-refractivity contribution in [2.45, 2.75) is 39.8 Å². The summed E-state index contributed by atoms with van der Waals surface area (Å²) >= 11 is 1.71. The molecule has 0 spiro atoms. The maximum absolute atomic E-state index is 9.49. The van der Waals surface area contributed by atoms with Crippen LogP contribution in [0.4, 0.5) is 0 Å². The lowest BCUT2D eigenvalue weighted by atomic mass is 10.2. The number of hydrogen-bond acceptors (Lipinski definition) is 4. The fraction of sp³-hybridized carbons (Fsp3) is 0.583. The van der Waals surface area contributed by atoms with Crippen LogP contribution in [0.5, 0.6) is 0 Å². The van der Waals surface area contributed by atoms with Crippen molar-refractivity contribution in [2.24, 2.45) is 0 Å². The minimum atomic E-state index is -0.261. The summed E-state index contributed by atoms with van der Waals surface area (Å²) in [6.07, 6.45) is 2.64. The molecule has 17 heavy (non-hydrogen) atoms. The number of aliphatic hydroxyl groups excluding tert-OH is 1. The van der Waals surface area contributed by atoms with Crippen LogP contribution in [0, 0.1) is 13.8 Å². The quantitative estimate of drug-likeness (QED) is 0.855. The van der Waals surface area contributed by atoms with E-state index in [1.54, 1.807) is 11.3 Å². The number of hydrogen-bond donors (Lipinski definition) is 2. The van der Waals surface area contributed by atoms with E-state index >= 15 is 0 Å². The van der Waals surface area contributed by atoms with Crippen molar-refractivity contribution >= 4 is 16.3 Å². The van der Waals surface area contributed by atoms with Gasteiger partial charge in [0.05, 0.1) is 17.5 Å². The van der Waals surface area contributed by atoms with Crippen LogP contribution in [0.15, 0.2) is 6.20 Å². The number of rotatable bonds is 5. The lowest BCUT2D eigenvalue weighted by Crippen LogP contribution is -2.26. The first-order chi connectivity index (χ1) is 8.11. The van der Waals surface area contributed by atoms with E-state index in [-0.39, 0.29) is 6.10 Å². The van der Waals surface area contributed by atoms with Gasteiger partial charge in [0.25, 0.3) is 0 Å². The van der Waals surface area contributed by atoms with Crippen LogP contribution in [-0.2, 0) is 6.54 Å². The summed E-state index contributed by atoms with van der Waals surface area (Å²) < 4.78 is 2.14. The van der Waals surface area contributed by atoms with E-state index in [0.29, 0.717) is 6.54 Å². The Bertz CT molecular complexity index is 503. The van der Waals surface area contributed by atoms with E-state index in [1.807, 2.05) is 13.8 Å². The van der Waals surface area contributed by atoms with E-state index in [4.69, 9.17) is 0 Å². The maximum Gasteiger partial charge on any atom is 0.194 e. The second kappa shape index (κ2) is 5.16. The van der Waals surface area contributed by atoms with E-state index in [1.165, 1.54) is 10.6 Å². The predicted octanol–water partition coefficient (Wildman–Crippen LogP) is 1.87. The largest absolute Gasteiger partial charge is 0.392 e. The molecule has 0 aliphatic rings. The second-order valence-electron chi connectivity index (χ2n) is 4.33. The molecule has 0 saturated carbocycles. The Morgan fingerprint density at radius 1 is 1.53 bits per heavy atom. The molecule has 1 atom stereocenters. The third-order valence-electron chi connectivity index (χ3n) is 2.88. The normalized spacial score (nSPS) is 13.4. The molecule has 0 aromatic carbocycles. The van der Waals surface area contributed by atoms with Crippen molar-refractivity contribution in [3.8, 4) is 0 Å². The molecule has 2 aromatic heterocycles. The summed E-state index contributed by atoms with van der Waals surface area (Å²) in [6.45, 7) is 7.48. The average Bonchev–Trinajstić information content (AvgIpc) is 2.76. The second-order valence-corrected chi connectivity index (χ2v) is 5.54. The lowest BCUT2D eigenvalue weighted by Gasteiger charge is -2.09. The number of fused-ring (bicyclic) bond motifs is 1. The molecule has 0 saturated heterocycles. The lowest BCUT2D eigenvalue weighted by molar-refractivity contribution is 0.167. The zero-order valence-electron chi connectivity index (χ0n) is 10.5. The first kappa shape index (κ1) is 12.5. The van der Waals surface area contributed by atoms with Gasteiger partial charge in [-0.3, -0.25) is 4.40 Å². The number of aryl methyl sites for hydroxylation is 2. The van der Waals surface area contributed by atoms with Crippen LogP contribution in [0.1, 0.15) is 29.6 Å². The first-order valence-corrected chi connectivity index (χ1v) is 6.76. The molecule has 5 heteroatoms. The van der Waals surface area contributed by atoms with E-state index in [2.05, 4.69) is 27.8 Å². The molecule has 0 bridgehead atoms. The van der Waals surface area contributed by atoms with Crippen molar-refractivity contribution in [3.63, 3.8) is 0 Å². The van der Waals surface area contributed by atoms with Crippen molar-refractivity contribution in [1.82, 2.24) is 14.7 Å². The van der Waals surface area contributed by atoms with Gasteiger partial charge >= 0.3 is 0 Å². The number of aromatic nitrogens is 2. The zero-order chi connectivity index (χ0) is 12.4. The summed E-state index contributed by atoms with van der Waals surface area (Å²) in [5.41, 5.74) is 2.25. The van der Waals surface area contributed by atoms with Gasteiger partial charge in [-0.15, -0.1) is 11.3 Å². The van der Waals surface area contributed by atoms with Crippen LogP contribution >= 0.6 is 11.3 Å². The highest BCUT2D eigenvalue weighted by Gasteiger charge is 2.10. The molecule has 4 nitrogen and oxygen atoms in total. The van der Waals surface area contributed by atoms with Crippen LogP contribution in [0.2, 0.25) is 0 Å². The number of aliphatic hydroxyl groups is 1. The van der Waals surface area contributed by atoms with Crippen molar-refractivity contribution in [1.29, 1.82) is 0 Å². The molecule has 1 unspecified atom stereocenters. The van der Waals surface area contributed by atoms with Gasteiger partial charge in [0.2, 0.25) is 0 Å². The molecule has 2 heterocycles. The summed E-state index contributed by atoms with van der Waals surface area (Å²) in [4.78, 5) is 6.85. The molecule has 2 aromatic rings. The minimum Gasteiger partial charge on any atom is -0.392 e. The predicted molar refractivity (Wildman–Crippen MR) is 70.5 cm³/mol. The van der Waals surface area contributed by atoms with Gasteiger partial charge in [-0.05, 0) is 20.3 Å². The molecule has 0 aliphatic heterocycles. The Balaban J connectivity index is 2.09. The molecule has 0 radical (unpaired) electrons. The fourth-order valence-electron chi connectivity index (χ4n) is 1.82. The Hall–Kier alpha value is -0.910. The Labute approximate surface area is 105 Å². The molecule has 2 rings (SSSR count). The van der Waals surface area contributed by atoms with Crippen molar-refractivity contribution < 1.29 is 5.11 Å². The Morgan fingerprint density at radius 2 is 2.29 bits per heavy atom.